The predicted octanol–water partition coefficient (Wildman–Crippen LogP) is 5.70. The van der Waals surface area contributed by atoms with Crippen molar-refractivity contribution in [3.05, 3.63) is 82.4 Å². The second-order valence-corrected chi connectivity index (χ2v) is 7.88. The Balaban J connectivity index is 1.99. The fourth-order valence-corrected chi connectivity index (χ4v) is 4.15. The molecule has 1 aromatic heterocycles. The lowest BCUT2D eigenvalue weighted by molar-refractivity contribution is 0.100. The summed E-state index contributed by atoms with van der Waals surface area (Å²) < 4.78 is 2.31. The van der Waals surface area contributed by atoms with Crippen LogP contribution < -0.4 is 5.73 Å². The molecule has 0 atom stereocenters. The molecule has 0 spiro atoms. The number of fused-ring (bicyclic) bond motifs is 3. The minimum Gasteiger partial charge on any atom is -0.366 e. The van der Waals surface area contributed by atoms with E-state index in [1.54, 1.807) is 0 Å². The van der Waals surface area contributed by atoms with E-state index in [1.165, 1.54) is 22.3 Å². The summed E-state index contributed by atoms with van der Waals surface area (Å²) >= 11 is 0. The molecule has 147 valence electrons. The van der Waals surface area contributed by atoms with E-state index in [4.69, 9.17) is 5.73 Å². The van der Waals surface area contributed by atoms with Gasteiger partial charge in [-0.25, -0.2) is 0 Å². The zero-order valence-corrected chi connectivity index (χ0v) is 17.4. The number of primary amides is 1. The first-order valence-corrected chi connectivity index (χ1v) is 10.3. The smallest absolute Gasteiger partial charge is 0.249 e. The summed E-state index contributed by atoms with van der Waals surface area (Å²) in [6.07, 6.45) is 3.36. The molecular weight excluding hydrogens is 356 g/mol. The fraction of sp³-hybridized carbons (Fsp3) is 0.269. The van der Waals surface area contributed by atoms with Gasteiger partial charge >= 0.3 is 0 Å². The van der Waals surface area contributed by atoms with Gasteiger partial charge in [0.05, 0.1) is 11.0 Å². The summed E-state index contributed by atoms with van der Waals surface area (Å²) in [7, 11) is 0. The molecule has 3 nitrogen and oxygen atoms in total. The van der Waals surface area contributed by atoms with Gasteiger partial charge in [0.1, 0.15) is 0 Å². The number of aromatic nitrogens is 1. The van der Waals surface area contributed by atoms with Crippen LogP contribution in [0, 0.1) is 19.9 Å². The summed E-state index contributed by atoms with van der Waals surface area (Å²) in [6, 6.07) is 20.0. The number of unbranched alkanes of at least 4 members (excludes halogenated alkanes) is 1. The molecule has 0 aliphatic carbocycles. The van der Waals surface area contributed by atoms with Crippen molar-refractivity contribution in [2.75, 3.05) is 0 Å². The molecule has 3 aromatic carbocycles. The molecule has 0 aliphatic heterocycles. The van der Waals surface area contributed by atoms with Gasteiger partial charge in [-0.05, 0) is 73.2 Å². The van der Waals surface area contributed by atoms with Crippen LogP contribution in [0.1, 0.15) is 52.4 Å². The average molecular weight is 384 g/mol. The summed E-state index contributed by atoms with van der Waals surface area (Å²) in [6.45, 7) is 7.28. The number of benzene rings is 3. The van der Waals surface area contributed by atoms with E-state index in [9.17, 15) is 4.79 Å². The van der Waals surface area contributed by atoms with E-state index >= 15 is 0 Å². The zero-order valence-electron chi connectivity index (χ0n) is 17.4. The van der Waals surface area contributed by atoms with Crippen molar-refractivity contribution in [2.45, 2.75) is 46.6 Å². The molecule has 1 radical (unpaired) electrons. The van der Waals surface area contributed by atoms with Crippen LogP contribution in [0.15, 0.2) is 48.5 Å². The third kappa shape index (κ3) is 3.42. The molecule has 1 heterocycles. The van der Waals surface area contributed by atoms with Crippen molar-refractivity contribution >= 4 is 27.7 Å². The Morgan fingerprint density at radius 1 is 1.10 bits per heavy atom. The molecule has 29 heavy (non-hydrogen) atoms. The first-order valence-electron chi connectivity index (χ1n) is 10.3. The van der Waals surface area contributed by atoms with Crippen LogP contribution in [-0.4, -0.2) is 10.5 Å². The number of nitrogens with zero attached hydrogens (tertiary/aromatic N) is 1. The largest absolute Gasteiger partial charge is 0.366 e. The Labute approximate surface area is 172 Å². The normalized spacial score (nSPS) is 11.4. The van der Waals surface area contributed by atoms with Gasteiger partial charge in [-0.2, -0.15) is 0 Å². The monoisotopic (exact) mass is 383 g/mol. The second kappa shape index (κ2) is 7.75. The molecule has 0 saturated heterocycles. The number of carbonyl (C=O) groups excluding carboxylic acids is 1. The molecular formula is C26H27N2O. The van der Waals surface area contributed by atoms with Crippen molar-refractivity contribution in [3.8, 4) is 0 Å². The summed E-state index contributed by atoms with van der Waals surface area (Å²) in [4.78, 5) is 12.1. The van der Waals surface area contributed by atoms with E-state index in [0.29, 0.717) is 5.56 Å². The summed E-state index contributed by atoms with van der Waals surface area (Å²) in [5.74, 6) is -0.398. The van der Waals surface area contributed by atoms with Crippen LogP contribution in [0.5, 0.6) is 0 Å². The standard InChI is InChI=1S/C26H27N2O/c1-4-5-9-19-13-14-21-24(15-19)28(16-20-10-6-8-17(2)18(20)3)23-12-7-11-22(25(21)23)26(27)29/h6-8,10-13,15H,4-5,9,16H2,1-3H3,(H2,27,29). The van der Waals surface area contributed by atoms with Crippen LogP contribution >= 0.6 is 0 Å². The van der Waals surface area contributed by atoms with Crippen molar-refractivity contribution in [2.24, 2.45) is 5.73 Å². The highest BCUT2D eigenvalue weighted by Gasteiger charge is 2.17. The number of carbonyl (C=O) groups is 1. The maximum absolute atomic E-state index is 12.1. The first kappa shape index (κ1) is 19.3. The average Bonchev–Trinajstić information content (AvgIpc) is 3.03. The lowest BCUT2D eigenvalue weighted by Crippen LogP contribution is -2.11. The molecule has 4 aromatic rings. The SMILES string of the molecule is CCCCc1c[c]c2c3c(C(N)=O)cccc3n(Cc3cccc(C)c3C)c2c1. The summed E-state index contributed by atoms with van der Waals surface area (Å²) in [5.41, 5.74) is 13.6. The predicted molar refractivity (Wildman–Crippen MR) is 120 cm³/mol. The maximum Gasteiger partial charge on any atom is 0.249 e. The number of aryl methyl sites for hydroxylation is 2. The van der Waals surface area contributed by atoms with Crippen LogP contribution in [0.3, 0.4) is 0 Å². The lowest BCUT2D eigenvalue weighted by atomic mass is 10.0. The molecule has 3 heteroatoms. The Morgan fingerprint density at radius 2 is 1.90 bits per heavy atom. The van der Waals surface area contributed by atoms with Gasteiger partial charge in [-0.15, -0.1) is 0 Å². The van der Waals surface area contributed by atoms with Gasteiger partial charge < -0.3 is 10.3 Å². The van der Waals surface area contributed by atoms with Crippen molar-refractivity contribution in [1.82, 2.24) is 4.57 Å². The van der Waals surface area contributed by atoms with Crippen LogP contribution in [0.25, 0.3) is 21.8 Å². The number of hydrogen-bond donors (Lipinski definition) is 1. The Morgan fingerprint density at radius 3 is 2.66 bits per heavy atom. The number of nitrogens with two attached hydrogens (primary N) is 1. The molecule has 0 unspecified atom stereocenters. The van der Waals surface area contributed by atoms with Gasteiger partial charge in [0, 0.05) is 22.9 Å². The van der Waals surface area contributed by atoms with Gasteiger partial charge in [0.2, 0.25) is 5.91 Å². The number of hydrogen-bond acceptors (Lipinski definition) is 1. The van der Waals surface area contributed by atoms with E-state index in [0.717, 1.165) is 47.6 Å². The van der Waals surface area contributed by atoms with E-state index in [2.05, 4.69) is 67.8 Å². The molecule has 2 N–H and O–H groups in total. The van der Waals surface area contributed by atoms with E-state index < -0.39 is 5.91 Å². The molecule has 0 bridgehead atoms. The number of amides is 1. The van der Waals surface area contributed by atoms with Crippen LogP contribution in [-0.2, 0) is 13.0 Å². The van der Waals surface area contributed by atoms with Gasteiger partial charge in [0.15, 0.2) is 0 Å². The third-order valence-electron chi connectivity index (χ3n) is 5.98. The highest BCUT2D eigenvalue weighted by atomic mass is 16.1. The molecule has 0 fully saturated rings. The van der Waals surface area contributed by atoms with E-state index in [-0.39, 0.29) is 0 Å². The maximum atomic E-state index is 12.1. The topological polar surface area (TPSA) is 48.0 Å². The highest BCUT2D eigenvalue weighted by molar-refractivity contribution is 6.17. The van der Waals surface area contributed by atoms with Crippen LogP contribution in [0.2, 0.25) is 0 Å². The van der Waals surface area contributed by atoms with Crippen molar-refractivity contribution in [1.29, 1.82) is 0 Å². The Bertz CT molecular complexity index is 1220. The lowest BCUT2D eigenvalue weighted by Gasteiger charge is -2.13. The fourth-order valence-electron chi connectivity index (χ4n) is 4.15. The zero-order chi connectivity index (χ0) is 20.5. The first-order chi connectivity index (χ1) is 14.0. The quantitative estimate of drug-likeness (QED) is 0.456. The van der Waals surface area contributed by atoms with Gasteiger partial charge in [-0.1, -0.05) is 43.7 Å². The Kier molecular flexibility index (Phi) is 5.14. The highest BCUT2D eigenvalue weighted by Crippen LogP contribution is 2.33. The molecule has 4 rings (SSSR count). The van der Waals surface area contributed by atoms with Crippen molar-refractivity contribution < 1.29 is 4.79 Å². The van der Waals surface area contributed by atoms with Crippen molar-refractivity contribution in [3.63, 3.8) is 0 Å². The third-order valence-corrected chi connectivity index (χ3v) is 5.98. The molecule has 1 amide bonds. The Hall–Kier alpha value is -3.07. The molecule has 0 aliphatic rings. The van der Waals surface area contributed by atoms with Gasteiger partial charge in [0.25, 0.3) is 0 Å². The second-order valence-electron chi connectivity index (χ2n) is 7.88. The van der Waals surface area contributed by atoms with Gasteiger partial charge in [-0.3, -0.25) is 4.79 Å². The minimum absolute atomic E-state index is 0.398. The van der Waals surface area contributed by atoms with E-state index in [1.807, 2.05) is 12.1 Å². The molecule has 0 saturated carbocycles. The summed E-state index contributed by atoms with van der Waals surface area (Å²) in [5, 5.41) is 1.88. The number of rotatable bonds is 6. The minimum atomic E-state index is -0.398. The van der Waals surface area contributed by atoms with Crippen LogP contribution in [0.4, 0.5) is 0 Å².